The third-order valence-corrected chi connectivity index (χ3v) is 3.95. The van der Waals surface area contributed by atoms with Gasteiger partial charge >= 0.3 is 11.8 Å². The van der Waals surface area contributed by atoms with Gasteiger partial charge in [0.2, 0.25) is 5.91 Å². The van der Waals surface area contributed by atoms with Gasteiger partial charge in [-0.3, -0.25) is 14.4 Å². The van der Waals surface area contributed by atoms with Crippen LogP contribution in [0.5, 0.6) is 0 Å². The second kappa shape index (κ2) is 7.06. The van der Waals surface area contributed by atoms with E-state index in [1.165, 1.54) is 4.90 Å². The van der Waals surface area contributed by atoms with Crippen molar-refractivity contribution in [1.82, 2.24) is 9.80 Å². The Balaban J connectivity index is 2.17. The summed E-state index contributed by atoms with van der Waals surface area (Å²) in [5, 5.41) is 0. The lowest BCUT2D eigenvalue weighted by Gasteiger charge is -2.31. The van der Waals surface area contributed by atoms with Gasteiger partial charge in [-0.2, -0.15) is 0 Å². The molecule has 118 valence electrons. The zero-order chi connectivity index (χ0) is 16.1. The fourth-order valence-corrected chi connectivity index (χ4v) is 2.71. The molecule has 1 aromatic rings. The van der Waals surface area contributed by atoms with E-state index in [0.717, 1.165) is 5.56 Å². The number of hydrogen-bond donors (Lipinski definition) is 1. The molecule has 0 aromatic heterocycles. The minimum atomic E-state index is -0.973. The number of carbonyl (C=O) groups is 3. The van der Waals surface area contributed by atoms with Gasteiger partial charge in [0.25, 0.3) is 0 Å². The molecule has 1 heterocycles. The Morgan fingerprint density at radius 2 is 1.95 bits per heavy atom. The summed E-state index contributed by atoms with van der Waals surface area (Å²) in [5.74, 6) is -1.69. The first kappa shape index (κ1) is 16.0. The summed E-state index contributed by atoms with van der Waals surface area (Å²) in [7, 11) is 0. The highest BCUT2D eigenvalue weighted by atomic mass is 16.2. The van der Waals surface area contributed by atoms with Crippen molar-refractivity contribution >= 4 is 17.7 Å². The van der Waals surface area contributed by atoms with E-state index in [2.05, 4.69) is 0 Å². The molecule has 0 saturated carbocycles. The number of carbonyl (C=O) groups excluding carboxylic acids is 3. The van der Waals surface area contributed by atoms with E-state index in [4.69, 9.17) is 5.73 Å². The molecule has 0 spiro atoms. The third kappa shape index (κ3) is 3.63. The number of nitrogens with two attached hydrogens (primary N) is 1. The molecule has 0 aliphatic carbocycles. The van der Waals surface area contributed by atoms with Crippen molar-refractivity contribution in [2.45, 2.75) is 32.4 Å². The Morgan fingerprint density at radius 3 is 2.55 bits per heavy atom. The highest BCUT2D eigenvalue weighted by Crippen LogP contribution is 2.17. The van der Waals surface area contributed by atoms with Crippen LogP contribution in [0.3, 0.4) is 0 Å². The van der Waals surface area contributed by atoms with Crippen LogP contribution in [-0.2, 0) is 20.9 Å². The topological polar surface area (TPSA) is 83.7 Å². The van der Waals surface area contributed by atoms with Gasteiger partial charge in [-0.05, 0) is 12.0 Å². The van der Waals surface area contributed by atoms with Crippen molar-refractivity contribution < 1.29 is 14.4 Å². The molecule has 6 nitrogen and oxygen atoms in total. The lowest BCUT2D eigenvalue weighted by molar-refractivity contribution is -0.144. The molecule has 0 bridgehead atoms. The first-order valence-electron chi connectivity index (χ1n) is 7.45. The summed E-state index contributed by atoms with van der Waals surface area (Å²) in [4.78, 5) is 38.5. The summed E-state index contributed by atoms with van der Waals surface area (Å²) in [6.07, 6.45) is 0.920. The maximum Gasteiger partial charge on any atom is 0.311 e. The fraction of sp³-hybridized carbons (Fsp3) is 0.438. The van der Waals surface area contributed by atoms with Crippen molar-refractivity contribution in [3.05, 3.63) is 35.9 Å². The first-order chi connectivity index (χ1) is 10.5. The summed E-state index contributed by atoms with van der Waals surface area (Å²) >= 11 is 0. The molecule has 6 heteroatoms. The van der Waals surface area contributed by atoms with E-state index >= 15 is 0 Å². The molecule has 1 atom stereocenters. The normalized spacial score (nSPS) is 19.0. The molecular formula is C16H21N3O3. The van der Waals surface area contributed by atoms with Gasteiger partial charge in [0, 0.05) is 32.1 Å². The number of primary amides is 1. The van der Waals surface area contributed by atoms with E-state index in [1.54, 1.807) is 4.90 Å². The van der Waals surface area contributed by atoms with Crippen molar-refractivity contribution in [2.75, 3.05) is 13.1 Å². The monoisotopic (exact) mass is 303 g/mol. The van der Waals surface area contributed by atoms with E-state index in [9.17, 15) is 14.4 Å². The number of hydrogen-bond acceptors (Lipinski definition) is 3. The van der Waals surface area contributed by atoms with Crippen LogP contribution in [0.25, 0.3) is 0 Å². The van der Waals surface area contributed by atoms with Crippen molar-refractivity contribution in [1.29, 1.82) is 0 Å². The van der Waals surface area contributed by atoms with E-state index < -0.39 is 11.8 Å². The molecule has 0 unspecified atom stereocenters. The van der Waals surface area contributed by atoms with Gasteiger partial charge in [-0.1, -0.05) is 37.3 Å². The smallest absolute Gasteiger partial charge is 0.311 e. The van der Waals surface area contributed by atoms with Gasteiger partial charge in [0.05, 0.1) is 0 Å². The van der Waals surface area contributed by atoms with Crippen LogP contribution in [0, 0.1) is 0 Å². The van der Waals surface area contributed by atoms with Crippen LogP contribution in [0.15, 0.2) is 30.3 Å². The van der Waals surface area contributed by atoms with Crippen LogP contribution >= 0.6 is 0 Å². The number of rotatable bonds is 3. The summed E-state index contributed by atoms with van der Waals surface area (Å²) in [5.41, 5.74) is 6.11. The highest BCUT2D eigenvalue weighted by molar-refractivity contribution is 6.34. The van der Waals surface area contributed by atoms with Crippen LogP contribution in [0.2, 0.25) is 0 Å². The molecule has 0 radical (unpaired) electrons. The largest absolute Gasteiger partial charge is 0.361 e. The van der Waals surface area contributed by atoms with Crippen LogP contribution < -0.4 is 5.73 Å². The van der Waals surface area contributed by atoms with Gasteiger partial charge in [0.15, 0.2) is 0 Å². The summed E-state index contributed by atoms with van der Waals surface area (Å²) in [6, 6.07) is 9.62. The van der Waals surface area contributed by atoms with Crippen molar-refractivity contribution in [3.63, 3.8) is 0 Å². The molecule has 1 fully saturated rings. The Morgan fingerprint density at radius 1 is 1.27 bits per heavy atom. The lowest BCUT2D eigenvalue weighted by atomic mass is 10.1. The minimum absolute atomic E-state index is 0.00419. The summed E-state index contributed by atoms with van der Waals surface area (Å²) < 4.78 is 0. The molecule has 22 heavy (non-hydrogen) atoms. The molecule has 1 aliphatic heterocycles. The highest BCUT2D eigenvalue weighted by Gasteiger charge is 2.31. The molecule has 2 rings (SSSR count). The Labute approximate surface area is 129 Å². The second-order valence-corrected chi connectivity index (χ2v) is 5.43. The molecule has 1 aromatic carbocycles. The summed E-state index contributed by atoms with van der Waals surface area (Å²) in [6.45, 7) is 3.06. The predicted molar refractivity (Wildman–Crippen MR) is 81.5 cm³/mol. The zero-order valence-corrected chi connectivity index (χ0v) is 12.7. The van der Waals surface area contributed by atoms with Crippen LogP contribution in [0.1, 0.15) is 25.3 Å². The Hall–Kier alpha value is -2.37. The van der Waals surface area contributed by atoms with E-state index in [1.807, 2.05) is 37.3 Å². The van der Waals surface area contributed by atoms with Crippen LogP contribution in [0.4, 0.5) is 0 Å². The van der Waals surface area contributed by atoms with E-state index in [0.29, 0.717) is 19.5 Å². The number of amides is 3. The molecule has 1 aliphatic rings. The van der Waals surface area contributed by atoms with Crippen molar-refractivity contribution in [2.24, 2.45) is 5.73 Å². The molecule has 1 saturated heterocycles. The van der Waals surface area contributed by atoms with Gasteiger partial charge < -0.3 is 15.5 Å². The first-order valence-corrected chi connectivity index (χ1v) is 7.45. The average Bonchev–Trinajstić information content (AvgIpc) is 2.68. The third-order valence-electron chi connectivity index (χ3n) is 3.95. The predicted octanol–water partition coefficient (Wildman–Crippen LogP) is 0.511. The minimum Gasteiger partial charge on any atom is -0.361 e. The number of benzene rings is 1. The van der Waals surface area contributed by atoms with Gasteiger partial charge in [-0.25, -0.2) is 0 Å². The van der Waals surface area contributed by atoms with Crippen molar-refractivity contribution in [3.8, 4) is 0 Å². The molecule has 2 N–H and O–H groups in total. The van der Waals surface area contributed by atoms with Crippen LogP contribution in [-0.4, -0.2) is 46.7 Å². The van der Waals surface area contributed by atoms with Gasteiger partial charge in [0.1, 0.15) is 0 Å². The van der Waals surface area contributed by atoms with E-state index in [-0.39, 0.29) is 24.9 Å². The quantitative estimate of drug-likeness (QED) is 0.826. The average molecular weight is 303 g/mol. The Kier molecular flexibility index (Phi) is 5.14. The fourth-order valence-electron chi connectivity index (χ4n) is 2.71. The molecule has 3 amide bonds. The Bertz CT molecular complexity index is 559. The second-order valence-electron chi connectivity index (χ2n) is 5.43. The maximum atomic E-state index is 12.4. The standard InChI is InChI=1S/C16H21N3O3/c1-2-13-11-18(16(22)15(17)21)9-8-14(20)19(13)10-12-6-4-3-5-7-12/h3-7,13H,2,8-11H2,1H3,(H2,17,21)/t13-/m1/s1. The maximum absolute atomic E-state index is 12.4. The lowest BCUT2D eigenvalue weighted by Crippen LogP contribution is -2.46. The molecular weight excluding hydrogens is 282 g/mol. The van der Waals surface area contributed by atoms with Gasteiger partial charge in [-0.15, -0.1) is 0 Å². The SMILES string of the molecule is CC[C@@H]1CN(C(=O)C(N)=O)CCC(=O)N1Cc1ccccc1. The zero-order valence-electron chi connectivity index (χ0n) is 12.7. The number of nitrogens with zero attached hydrogens (tertiary/aromatic N) is 2.